The molecular weight excluding hydrogens is 315 g/mol. The van der Waals surface area contributed by atoms with Crippen molar-refractivity contribution in [2.45, 2.75) is 38.0 Å². The highest BCUT2D eigenvalue weighted by Gasteiger charge is 2.46. The van der Waals surface area contributed by atoms with E-state index in [4.69, 9.17) is 4.74 Å². The first-order chi connectivity index (χ1) is 11.6. The Labute approximate surface area is 139 Å². The molecule has 2 fully saturated rings. The number of β-amino-alcohol motifs (C(OH)–C–C–N with tert-alkyl or cyclic N) is 1. The van der Waals surface area contributed by atoms with E-state index in [1.807, 2.05) is 0 Å². The van der Waals surface area contributed by atoms with Gasteiger partial charge in [-0.25, -0.2) is 9.18 Å². The van der Waals surface area contributed by atoms with Gasteiger partial charge < -0.3 is 14.7 Å². The third kappa shape index (κ3) is 3.42. The number of hydrogen-bond acceptors (Lipinski definition) is 4. The number of hydrogen-bond donors (Lipinski definition) is 1. The van der Waals surface area contributed by atoms with Gasteiger partial charge in [-0.15, -0.1) is 0 Å². The van der Waals surface area contributed by atoms with E-state index < -0.39 is 6.10 Å². The lowest BCUT2D eigenvalue weighted by molar-refractivity contribution is -0.130. The smallest absolute Gasteiger partial charge is 0.327 e. The van der Waals surface area contributed by atoms with Crippen molar-refractivity contribution in [2.24, 2.45) is 0 Å². The van der Waals surface area contributed by atoms with Crippen LogP contribution in [0.1, 0.15) is 24.8 Å². The summed E-state index contributed by atoms with van der Waals surface area (Å²) in [6.45, 7) is 0.448. The number of ether oxygens (including phenoxy) is 1. The molecular formula is C17H21FN2O4. The molecule has 24 heavy (non-hydrogen) atoms. The van der Waals surface area contributed by atoms with Gasteiger partial charge in [0.15, 0.2) is 0 Å². The normalized spacial score (nSPS) is 22.0. The molecule has 130 valence electrons. The molecule has 1 aromatic carbocycles. The van der Waals surface area contributed by atoms with Crippen LogP contribution >= 0.6 is 0 Å². The van der Waals surface area contributed by atoms with Crippen molar-refractivity contribution in [1.82, 2.24) is 9.80 Å². The molecule has 1 N–H and O–H groups in total. The topological polar surface area (TPSA) is 70.1 Å². The van der Waals surface area contributed by atoms with Gasteiger partial charge in [0.2, 0.25) is 0 Å². The van der Waals surface area contributed by atoms with E-state index in [-0.39, 0.29) is 43.6 Å². The minimum Gasteiger partial charge on any atom is -0.389 e. The Morgan fingerprint density at radius 2 is 2.08 bits per heavy atom. The van der Waals surface area contributed by atoms with Crippen LogP contribution in [0.25, 0.3) is 0 Å². The van der Waals surface area contributed by atoms with Crippen LogP contribution in [0.5, 0.6) is 0 Å². The van der Waals surface area contributed by atoms with Gasteiger partial charge in [-0.05, 0) is 25.3 Å². The van der Waals surface area contributed by atoms with Gasteiger partial charge >= 0.3 is 6.03 Å². The lowest BCUT2D eigenvalue weighted by atomic mass is 10.0. The second-order valence-electron chi connectivity index (χ2n) is 6.20. The van der Waals surface area contributed by atoms with Gasteiger partial charge in [-0.2, -0.15) is 0 Å². The highest BCUT2D eigenvalue weighted by Crippen LogP contribution is 2.26. The number of aliphatic hydroxyl groups excluding tert-OH is 1. The molecule has 0 spiro atoms. The molecule has 3 amide bonds. The molecule has 0 radical (unpaired) electrons. The maximum absolute atomic E-state index is 13.5. The fraction of sp³-hybridized carbons (Fsp3) is 0.529. The van der Waals surface area contributed by atoms with Crippen molar-refractivity contribution < 1.29 is 23.8 Å². The second kappa shape index (κ2) is 7.27. The molecule has 2 aliphatic heterocycles. The second-order valence-corrected chi connectivity index (χ2v) is 6.20. The number of rotatable bonds is 6. The Morgan fingerprint density at radius 1 is 1.29 bits per heavy atom. The number of fused-ring (bicyclic) bond motifs is 1. The third-order valence-corrected chi connectivity index (χ3v) is 4.45. The van der Waals surface area contributed by atoms with Crippen molar-refractivity contribution in [2.75, 3.05) is 19.7 Å². The van der Waals surface area contributed by atoms with Crippen LogP contribution in [-0.2, 0) is 16.1 Å². The summed E-state index contributed by atoms with van der Waals surface area (Å²) in [6.07, 6.45) is 1.52. The predicted molar refractivity (Wildman–Crippen MR) is 83.5 cm³/mol. The molecule has 0 unspecified atom stereocenters. The maximum Gasteiger partial charge on any atom is 0.327 e. The number of aliphatic hydroxyl groups is 1. The first kappa shape index (κ1) is 16.9. The maximum atomic E-state index is 13.5. The summed E-state index contributed by atoms with van der Waals surface area (Å²) in [4.78, 5) is 27.2. The van der Waals surface area contributed by atoms with Gasteiger partial charge in [0.1, 0.15) is 11.9 Å². The summed E-state index contributed by atoms with van der Waals surface area (Å²) >= 11 is 0. The van der Waals surface area contributed by atoms with Crippen LogP contribution in [0.4, 0.5) is 9.18 Å². The lowest BCUT2D eigenvalue weighted by Crippen LogP contribution is -2.40. The Balaban J connectivity index is 1.50. The molecule has 0 saturated carbocycles. The van der Waals surface area contributed by atoms with Crippen molar-refractivity contribution in [3.05, 3.63) is 35.6 Å². The molecule has 0 bridgehead atoms. The zero-order chi connectivity index (χ0) is 17.1. The summed E-state index contributed by atoms with van der Waals surface area (Å²) in [6, 6.07) is 5.53. The Bertz CT molecular complexity index is 600. The molecule has 2 heterocycles. The molecule has 7 heteroatoms. The number of halogens is 1. The van der Waals surface area contributed by atoms with Crippen LogP contribution in [0, 0.1) is 5.82 Å². The predicted octanol–water partition coefficient (Wildman–Crippen LogP) is 1.52. The minimum absolute atomic E-state index is 0.0282. The average molecular weight is 336 g/mol. The quantitative estimate of drug-likeness (QED) is 0.800. The van der Waals surface area contributed by atoms with Gasteiger partial charge in [0.25, 0.3) is 5.91 Å². The zero-order valence-corrected chi connectivity index (χ0v) is 13.4. The van der Waals surface area contributed by atoms with Crippen molar-refractivity contribution in [3.8, 4) is 0 Å². The molecule has 0 aliphatic carbocycles. The van der Waals surface area contributed by atoms with Crippen LogP contribution in [-0.4, -0.2) is 58.7 Å². The molecule has 0 aromatic heterocycles. The number of nitrogens with zero attached hydrogens (tertiary/aromatic N) is 2. The van der Waals surface area contributed by atoms with Crippen LogP contribution in [0.15, 0.2) is 24.3 Å². The van der Waals surface area contributed by atoms with Crippen LogP contribution in [0.2, 0.25) is 0 Å². The summed E-state index contributed by atoms with van der Waals surface area (Å²) < 4.78 is 18.8. The van der Waals surface area contributed by atoms with Gasteiger partial charge in [-0.3, -0.25) is 9.69 Å². The Kier molecular flexibility index (Phi) is 5.11. The van der Waals surface area contributed by atoms with E-state index >= 15 is 0 Å². The fourth-order valence-electron chi connectivity index (χ4n) is 3.20. The van der Waals surface area contributed by atoms with E-state index in [1.54, 1.807) is 23.1 Å². The highest BCUT2D eigenvalue weighted by atomic mass is 19.1. The van der Waals surface area contributed by atoms with Gasteiger partial charge in [-0.1, -0.05) is 18.2 Å². The Hall–Kier alpha value is -1.99. The number of carbonyl (C=O) groups excluding carboxylic acids is 2. The van der Waals surface area contributed by atoms with Crippen molar-refractivity contribution in [1.29, 1.82) is 0 Å². The number of imide groups is 1. The summed E-state index contributed by atoms with van der Waals surface area (Å²) in [5.74, 6) is -0.610. The van der Waals surface area contributed by atoms with E-state index in [9.17, 15) is 19.1 Å². The van der Waals surface area contributed by atoms with E-state index in [2.05, 4.69) is 0 Å². The molecule has 2 saturated heterocycles. The monoisotopic (exact) mass is 336 g/mol. The standard InChI is InChI=1S/C17H21FN2O4/c18-14-6-2-1-5-12(14)10-24-11-13(21)9-20-16(22)15-7-3-4-8-19(15)17(20)23/h1-2,5-6,13,15,21H,3-4,7-11H2/t13-,15+/m0/s1. The summed E-state index contributed by atoms with van der Waals surface area (Å²) in [5, 5.41) is 10.0. The molecule has 6 nitrogen and oxygen atoms in total. The first-order valence-electron chi connectivity index (χ1n) is 8.19. The SMILES string of the molecule is O=C1[C@H]2CCCCN2C(=O)N1C[C@H](O)COCc1ccccc1F. The van der Waals surface area contributed by atoms with Crippen molar-refractivity contribution in [3.63, 3.8) is 0 Å². The molecule has 1 aromatic rings. The highest BCUT2D eigenvalue weighted by molar-refractivity contribution is 6.04. The lowest BCUT2D eigenvalue weighted by Gasteiger charge is -2.26. The number of carbonyl (C=O) groups is 2. The summed E-state index contributed by atoms with van der Waals surface area (Å²) in [5.41, 5.74) is 0.398. The minimum atomic E-state index is -0.994. The van der Waals surface area contributed by atoms with Crippen LogP contribution in [0.3, 0.4) is 0 Å². The molecule has 2 atom stereocenters. The number of urea groups is 1. The number of piperidine rings is 1. The van der Waals surface area contributed by atoms with E-state index in [0.717, 1.165) is 17.7 Å². The Morgan fingerprint density at radius 3 is 2.83 bits per heavy atom. The average Bonchev–Trinajstić information content (AvgIpc) is 2.82. The number of amides is 3. The van der Waals surface area contributed by atoms with E-state index in [0.29, 0.717) is 18.5 Å². The molecule has 2 aliphatic rings. The first-order valence-corrected chi connectivity index (χ1v) is 8.19. The van der Waals surface area contributed by atoms with Crippen molar-refractivity contribution >= 4 is 11.9 Å². The largest absolute Gasteiger partial charge is 0.389 e. The summed E-state index contributed by atoms with van der Waals surface area (Å²) in [7, 11) is 0. The van der Waals surface area contributed by atoms with Crippen LogP contribution < -0.4 is 0 Å². The molecule has 3 rings (SSSR count). The van der Waals surface area contributed by atoms with E-state index in [1.165, 1.54) is 6.07 Å². The van der Waals surface area contributed by atoms with Gasteiger partial charge in [0, 0.05) is 12.1 Å². The van der Waals surface area contributed by atoms with Gasteiger partial charge in [0.05, 0.1) is 25.9 Å². The third-order valence-electron chi connectivity index (χ3n) is 4.45. The fourth-order valence-corrected chi connectivity index (χ4v) is 3.20. The number of benzene rings is 1. The zero-order valence-electron chi connectivity index (χ0n) is 13.4.